The van der Waals surface area contributed by atoms with Crippen molar-refractivity contribution in [3.8, 4) is 0 Å². The zero-order valence-electron chi connectivity index (χ0n) is 9.75. The summed E-state index contributed by atoms with van der Waals surface area (Å²) < 4.78 is 10.2. The number of ether oxygens (including phenoxy) is 2. The van der Waals surface area contributed by atoms with Gasteiger partial charge in [0.25, 0.3) is 0 Å². The van der Waals surface area contributed by atoms with E-state index < -0.39 is 0 Å². The van der Waals surface area contributed by atoms with E-state index in [1.807, 2.05) is 0 Å². The Morgan fingerprint density at radius 2 is 1.18 bits per heavy atom. The normalized spacial score (nSPS) is 22.6. The van der Waals surface area contributed by atoms with Gasteiger partial charge in [0.15, 0.2) is 0 Å². The Morgan fingerprint density at radius 3 is 1.53 bits per heavy atom. The first-order chi connectivity index (χ1) is 7.84. The Labute approximate surface area is 99.1 Å². The Kier molecular flexibility index (Phi) is 6.08. The largest absolute Gasteiger partial charge is 0.519 e. The first-order valence-electron chi connectivity index (χ1n) is 5.33. The van der Waals surface area contributed by atoms with Crippen LogP contribution in [0.25, 0.3) is 0 Å². The van der Waals surface area contributed by atoms with Gasteiger partial charge in [0.05, 0.1) is 52.6 Å². The summed E-state index contributed by atoms with van der Waals surface area (Å²) in [7, 11) is 0. The fraction of sp³-hybridized carbons (Fsp3) is 1.00. The molecular weight excluding hydrogens is 232 g/mol. The summed E-state index contributed by atoms with van der Waals surface area (Å²) in [6, 6.07) is 0. The van der Waals surface area contributed by atoms with Gasteiger partial charge in [0.1, 0.15) is 4.91 Å². The van der Waals surface area contributed by atoms with Gasteiger partial charge in [0.2, 0.25) is 0 Å². The van der Waals surface area contributed by atoms with Crippen LogP contribution in [0.5, 0.6) is 0 Å². The molecule has 2 fully saturated rings. The molecule has 0 unspecified atom stereocenters. The van der Waals surface area contributed by atoms with Crippen LogP contribution in [0.1, 0.15) is 0 Å². The number of nitrogens with zero attached hydrogens (tertiary/aromatic N) is 3. The smallest absolute Gasteiger partial charge is 0.379 e. The Bertz CT molecular complexity index is 208. The van der Waals surface area contributed by atoms with E-state index >= 15 is 0 Å². The van der Waals surface area contributed by atoms with Crippen LogP contribution in [0.4, 0.5) is 0 Å². The van der Waals surface area contributed by atoms with Gasteiger partial charge < -0.3 is 15.6 Å². The first kappa shape index (κ1) is 14.1. The van der Waals surface area contributed by atoms with Crippen molar-refractivity contribution in [2.45, 2.75) is 0 Å². The molecule has 2 aliphatic heterocycles. The number of hydroxylamine groups is 4. The minimum Gasteiger partial charge on any atom is -0.379 e. The molecule has 0 aromatic rings. The lowest BCUT2D eigenvalue weighted by Gasteiger charge is -2.21. The van der Waals surface area contributed by atoms with E-state index in [0.717, 1.165) is 0 Å². The summed E-state index contributed by atoms with van der Waals surface area (Å²) in [4.78, 5) is 21.1. The summed E-state index contributed by atoms with van der Waals surface area (Å²) in [6.07, 6.45) is 0. The average molecular weight is 251 g/mol. The molecule has 2 aliphatic rings. The molecule has 0 aromatic carbocycles. The fourth-order valence-corrected chi connectivity index (χ4v) is 1.46. The van der Waals surface area contributed by atoms with Crippen LogP contribution in [0.3, 0.4) is 0 Å². The molecule has 0 aliphatic carbocycles. The van der Waals surface area contributed by atoms with Crippen molar-refractivity contribution >= 4 is 0 Å². The highest BCUT2D eigenvalue weighted by Gasteiger charge is 2.27. The number of rotatable bonds is 4. The number of hydrogen-bond donors (Lipinski definition) is 1. The predicted octanol–water partition coefficient (Wildman–Crippen LogP) is -0.715. The summed E-state index contributed by atoms with van der Waals surface area (Å²) in [6.45, 7) is 4.49. The van der Waals surface area contributed by atoms with Crippen LogP contribution >= 0.6 is 0 Å². The van der Waals surface area contributed by atoms with Crippen molar-refractivity contribution in [1.29, 1.82) is 0 Å². The molecule has 2 saturated heterocycles. The maximum atomic E-state index is 11.3. The zero-order chi connectivity index (χ0) is 11.2. The molecule has 3 N–H and O–H groups in total. The molecule has 0 spiro atoms. The summed E-state index contributed by atoms with van der Waals surface area (Å²) in [5, 5.41) is 3.14. The highest BCUT2D eigenvalue weighted by molar-refractivity contribution is 4.50. The van der Waals surface area contributed by atoms with Crippen LogP contribution in [0, 0.1) is 4.91 Å². The van der Waals surface area contributed by atoms with E-state index in [2.05, 4.69) is 0 Å². The lowest BCUT2D eigenvalue weighted by Crippen LogP contribution is -2.43. The maximum Gasteiger partial charge on any atom is 0.519 e. The van der Waals surface area contributed by atoms with Crippen molar-refractivity contribution in [3.05, 3.63) is 4.91 Å². The molecule has 17 heavy (non-hydrogen) atoms. The van der Waals surface area contributed by atoms with Crippen LogP contribution in [0.2, 0.25) is 0 Å². The Balaban J connectivity index is 0.00000144. The van der Waals surface area contributed by atoms with E-state index in [4.69, 9.17) is 19.4 Å². The lowest BCUT2D eigenvalue weighted by molar-refractivity contribution is -1.04. The van der Waals surface area contributed by atoms with Crippen molar-refractivity contribution in [3.63, 3.8) is 0 Å². The second kappa shape index (κ2) is 7.35. The van der Waals surface area contributed by atoms with Crippen molar-refractivity contribution < 1.29 is 24.4 Å². The van der Waals surface area contributed by atoms with Crippen molar-refractivity contribution in [1.82, 2.24) is 16.3 Å². The maximum absolute atomic E-state index is 11.3. The van der Waals surface area contributed by atoms with Crippen molar-refractivity contribution in [2.75, 3.05) is 52.6 Å². The molecule has 0 aromatic heterocycles. The molecule has 9 nitrogen and oxygen atoms in total. The molecule has 100 valence electrons. The molecule has 0 atom stereocenters. The average Bonchev–Trinajstić information content (AvgIpc) is 2.31. The number of morpholine rings is 2. The molecule has 0 bridgehead atoms. The van der Waals surface area contributed by atoms with E-state index in [1.54, 1.807) is 0 Å². The van der Waals surface area contributed by atoms with E-state index in [-0.39, 0.29) is 11.2 Å². The van der Waals surface area contributed by atoms with E-state index in [9.17, 15) is 4.91 Å². The van der Waals surface area contributed by atoms with Crippen LogP contribution in [-0.2, 0) is 19.4 Å². The second-order valence-electron chi connectivity index (χ2n) is 3.47. The summed E-state index contributed by atoms with van der Waals surface area (Å²) in [5.41, 5.74) is 0. The van der Waals surface area contributed by atoms with Gasteiger partial charge in [-0.3, -0.25) is 0 Å². The molecule has 2 rings (SSSR count). The summed E-state index contributed by atoms with van der Waals surface area (Å²) in [5.74, 6) is 0. The topological polar surface area (TPSA) is 98.5 Å². The van der Waals surface area contributed by atoms with Crippen molar-refractivity contribution in [2.24, 2.45) is 0 Å². The molecule has 0 radical (unpaired) electrons. The van der Waals surface area contributed by atoms with Gasteiger partial charge in [-0.25, -0.2) is 0 Å². The quantitative estimate of drug-likeness (QED) is 0.654. The lowest BCUT2D eigenvalue weighted by atomic mass is 10.5. The molecule has 0 amide bonds. The van der Waals surface area contributed by atoms with Crippen LogP contribution in [-0.4, -0.2) is 67.8 Å². The van der Waals surface area contributed by atoms with Gasteiger partial charge in [-0.05, 0) is 0 Å². The van der Waals surface area contributed by atoms with Gasteiger partial charge in [0, 0.05) is 0 Å². The second-order valence-corrected chi connectivity index (χ2v) is 3.47. The minimum absolute atomic E-state index is 0. The molecule has 2 heterocycles. The van der Waals surface area contributed by atoms with Gasteiger partial charge in [-0.2, -0.15) is 0 Å². The number of hydrogen-bond acceptors (Lipinski definition) is 8. The highest BCUT2D eigenvalue weighted by atomic mass is 17.1. The fourth-order valence-electron chi connectivity index (χ4n) is 1.46. The third kappa shape index (κ3) is 4.79. The van der Waals surface area contributed by atoms with Gasteiger partial charge in [-0.1, -0.05) is 20.0 Å². The van der Waals surface area contributed by atoms with Crippen LogP contribution < -0.4 is 6.15 Å². The SMILES string of the molecule is N.O=[N+](ON1CCOCC1)ON1CCOCC1. The Hall–Kier alpha value is -1.00. The molecule has 0 saturated carbocycles. The molecule has 9 heteroatoms. The Morgan fingerprint density at radius 1 is 0.824 bits per heavy atom. The van der Waals surface area contributed by atoms with Gasteiger partial charge in [-0.15, -0.1) is 0 Å². The third-order valence-corrected chi connectivity index (χ3v) is 2.30. The van der Waals surface area contributed by atoms with E-state index in [1.165, 1.54) is 10.1 Å². The third-order valence-electron chi connectivity index (χ3n) is 2.30. The minimum atomic E-state index is 0. The predicted molar refractivity (Wildman–Crippen MR) is 55.6 cm³/mol. The standard InChI is InChI=1S/C8H16N3O5.H3N/c12-11(15-9-1-5-13-6-2-9)16-10-3-7-14-8-4-10;/h1-8H2;1H3/q+1;. The first-order valence-corrected chi connectivity index (χ1v) is 5.33. The zero-order valence-corrected chi connectivity index (χ0v) is 9.75. The van der Waals surface area contributed by atoms with Crippen LogP contribution in [0.15, 0.2) is 0 Å². The van der Waals surface area contributed by atoms with Gasteiger partial charge >= 0.3 is 5.09 Å². The summed E-state index contributed by atoms with van der Waals surface area (Å²) >= 11 is 0. The monoisotopic (exact) mass is 251 g/mol. The highest BCUT2D eigenvalue weighted by Crippen LogP contribution is 2.02. The van der Waals surface area contributed by atoms with E-state index in [0.29, 0.717) is 52.6 Å². The molecular formula is C8H19N4O5+.